The third-order valence-electron chi connectivity index (χ3n) is 5.01. The topological polar surface area (TPSA) is 77.0 Å². The lowest BCUT2D eigenvalue weighted by atomic mass is 9.91. The first-order valence-corrected chi connectivity index (χ1v) is 9.41. The van der Waals surface area contributed by atoms with E-state index in [2.05, 4.69) is 15.7 Å². The van der Waals surface area contributed by atoms with Gasteiger partial charge in [-0.2, -0.15) is 18.3 Å². The van der Waals surface area contributed by atoms with Gasteiger partial charge in [0.2, 0.25) is 5.91 Å². The van der Waals surface area contributed by atoms with Gasteiger partial charge in [-0.05, 0) is 44.0 Å². The highest BCUT2D eigenvalue weighted by atomic mass is 19.4. The monoisotopic (exact) mass is 398 g/mol. The number of aliphatic hydroxyl groups excluding tert-OH is 1. The van der Waals surface area contributed by atoms with Crippen LogP contribution in [0.15, 0.2) is 23.3 Å². The third-order valence-corrected chi connectivity index (χ3v) is 5.01. The number of piperidine rings is 1. The van der Waals surface area contributed by atoms with Crippen LogP contribution in [0.5, 0.6) is 0 Å². The first-order valence-electron chi connectivity index (χ1n) is 9.41. The van der Waals surface area contributed by atoms with Crippen molar-refractivity contribution in [2.45, 2.75) is 45.1 Å². The van der Waals surface area contributed by atoms with E-state index in [-0.39, 0.29) is 30.0 Å². The smallest absolute Gasteiger partial charge is 0.368 e. The number of nitrogens with zero attached hydrogens (tertiary/aromatic N) is 2. The number of rotatable bonds is 4. The van der Waals surface area contributed by atoms with Gasteiger partial charge in [-0.1, -0.05) is 19.9 Å². The average Bonchev–Trinajstić information content (AvgIpc) is 2.63. The second kappa shape index (κ2) is 8.08. The number of carbonyl (C=O) groups is 1. The molecule has 154 valence electrons. The molecule has 28 heavy (non-hydrogen) atoms. The van der Waals surface area contributed by atoms with Crippen LogP contribution in [0, 0.1) is 5.92 Å². The molecule has 2 aliphatic rings. The van der Waals surface area contributed by atoms with Gasteiger partial charge >= 0.3 is 6.18 Å². The number of fused-ring (bicyclic) bond motifs is 1. The van der Waals surface area contributed by atoms with E-state index in [1.807, 2.05) is 13.8 Å². The maximum absolute atomic E-state index is 13.1. The molecule has 2 aliphatic heterocycles. The molecule has 1 aromatic rings. The SMILES string of the molecule is CC(C)C1=NN(CC(=O)NC2CCNCC2)C(O)c2ccc(C(F)(F)F)cc21. The molecule has 0 spiro atoms. The molecule has 1 amide bonds. The zero-order chi connectivity index (χ0) is 20.5. The van der Waals surface area contributed by atoms with E-state index in [1.54, 1.807) is 0 Å². The zero-order valence-electron chi connectivity index (χ0n) is 15.9. The maximum atomic E-state index is 13.1. The number of carbonyl (C=O) groups excluding carboxylic acids is 1. The van der Waals surface area contributed by atoms with Crippen molar-refractivity contribution in [1.29, 1.82) is 0 Å². The Morgan fingerprint density at radius 3 is 2.64 bits per heavy atom. The van der Waals surface area contributed by atoms with Gasteiger partial charge in [-0.25, -0.2) is 0 Å². The summed E-state index contributed by atoms with van der Waals surface area (Å²) in [6.07, 6.45) is -4.09. The molecule has 0 aliphatic carbocycles. The predicted molar refractivity (Wildman–Crippen MR) is 98.5 cm³/mol. The van der Waals surface area contributed by atoms with Crippen LogP contribution in [0.1, 0.15) is 49.6 Å². The van der Waals surface area contributed by atoms with Crippen LogP contribution in [-0.4, -0.2) is 47.4 Å². The van der Waals surface area contributed by atoms with E-state index in [0.717, 1.165) is 38.1 Å². The number of halogens is 3. The summed E-state index contributed by atoms with van der Waals surface area (Å²) in [6.45, 7) is 5.13. The summed E-state index contributed by atoms with van der Waals surface area (Å²) in [7, 11) is 0. The molecule has 1 saturated heterocycles. The summed E-state index contributed by atoms with van der Waals surface area (Å²) < 4.78 is 39.3. The molecule has 0 bridgehead atoms. The van der Waals surface area contributed by atoms with Gasteiger partial charge in [0.1, 0.15) is 6.54 Å². The summed E-state index contributed by atoms with van der Waals surface area (Å²) in [5.74, 6) is -0.446. The molecular weight excluding hydrogens is 373 g/mol. The molecule has 3 rings (SSSR count). The minimum absolute atomic E-state index is 0.0749. The van der Waals surface area contributed by atoms with Crippen LogP contribution in [0.4, 0.5) is 13.2 Å². The van der Waals surface area contributed by atoms with Crippen LogP contribution in [0.3, 0.4) is 0 Å². The molecule has 2 heterocycles. The van der Waals surface area contributed by atoms with E-state index in [0.29, 0.717) is 11.3 Å². The molecule has 1 unspecified atom stereocenters. The van der Waals surface area contributed by atoms with Gasteiger partial charge in [0.25, 0.3) is 0 Å². The van der Waals surface area contributed by atoms with Crippen molar-refractivity contribution in [2.75, 3.05) is 19.6 Å². The van der Waals surface area contributed by atoms with Crippen molar-refractivity contribution in [3.05, 3.63) is 34.9 Å². The van der Waals surface area contributed by atoms with Crippen molar-refractivity contribution < 1.29 is 23.1 Å². The molecule has 0 saturated carbocycles. The molecular formula is C19H25F3N4O2. The fourth-order valence-corrected chi connectivity index (χ4v) is 3.52. The highest BCUT2D eigenvalue weighted by molar-refractivity contribution is 6.04. The Bertz CT molecular complexity index is 758. The Morgan fingerprint density at radius 1 is 1.36 bits per heavy atom. The van der Waals surface area contributed by atoms with Crippen LogP contribution in [0.25, 0.3) is 0 Å². The van der Waals surface area contributed by atoms with E-state index >= 15 is 0 Å². The fraction of sp³-hybridized carbons (Fsp3) is 0.579. The van der Waals surface area contributed by atoms with Gasteiger partial charge in [-0.15, -0.1) is 0 Å². The molecule has 0 radical (unpaired) electrons. The zero-order valence-corrected chi connectivity index (χ0v) is 15.9. The van der Waals surface area contributed by atoms with Crippen molar-refractivity contribution in [3.8, 4) is 0 Å². The van der Waals surface area contributed by atoms with Gasteiger partial charge in [0.15, 0.2) is 6.23 Å². The van der Waals surface area contributed by atoms with Crippen LogP contribution in [-0.2, 0) is 11.0 Å². The molecule has 3 N–H and O–H groups in total. The minimum atomic E-state index is -4.48. The van der Waals surface area contributed by atoms with E-state index in [1.165, 1.54) is 11.1 Å². The molecule has 6 nitrogen and oxygen atoms in total. The number of amides is 1. The second-order valence-corrected chi connectivity index (χ2v) is 7.50. The Kier molecular flexibility index (Phi) is 5.95. The number of hydrazone groups is 1. The van der Waals surface area contributed by atoms with E-state index in [4.69, 9.17) is 0 Å². The number of aliphatic hydroxyl groups is 1. The summed E-state index contributed by atoms with van der Waals surface area (Å²) in [5, 5.41) is 22.3. The standard InChI is InChI=1S/C19H25F3N4O2/c1-11(2)17-15-9-12(19(20,21)22)3-4-14(15)18(28)26(25-17)10-16(27)24-13-5-7-23-8-6-13/h3-4,9,11,13,18,23,28H,5-8,10H2,1-2H3,(H,24,27). The largest absolute Gasteiger partial charge is 0.416 e. The Balaban J connectivity index is 1.82. The summed E-state index contributed by atoms with van der Waals surface area (Å²) >= 11 is 0. The third kappa shape index (κ3) is 4.47. The van der Waals surface area contributed by atoms with Crippen molar-refractivity contribution in [1.82, 2.24) is 15.6 Å². The molecule has 1 aromatic carbocycles. The number of alkyl halides is 3. The van der Waals surface area contributed by atoms with E-state index in [9.17, 15) is 23.1 Å². The van der Waals surface area contributed by atoms with Crippen LogP contribution >= 0.6 is 0 Å². The quantitative estimate of drug-likeness (QED) is 0.727. The van der Waals surface area contributed by atoms with Crippen molar-refractivity contribution in [2.24, 2.45) is 11.0 Å². The Labute approximate surface area is 161 Å². The van der Waals surface area contributed by atoms with E-state index < -0.39 is 18.0 Å². The number of hydrogen-bond donors (Lipinski definition) is 3. The Hall–Kier alpha value is -2.13. The first kappa shape index (κ1) is 20.6. The van der Waals surface area contributed by atoms with Crippen LogP contribution in [0.2, 0.25) is 0 Å². The fourth-order valence-electron chi connectivity index (χ4n) is 3.52. The van der Waals surface area contributed by atoms with Crippen molar-refractivity contribution >= 4 is 11.6 Å². The summed E-state index contributed by atoms with van der Waals surface area (Å²) in [4.78, 5) is 12.4. The normalized spacial score (nSPS) is 20.8. The molecule has 1 atom stereocenters. The number of benzene rings is 1. The lowest BCUT2D eigenvalue weighted by Crippen LogP contribution is -2.47. The lowest BCUT2D eigenvalue weighted by molar-refractivity contribution is -0.137. The van der Waals surface area contributed by atoms with Gasteiger partial charge in [-0.3, -0.25) is 9.80 Å². The number of hydrogen-bond acceptors (Lipinski definition) is 5. The van der Waals surface area contributed by atoms with Gasteiger partial charge in [0, 0.05) is 17.2 Å². The maximum Gasteiger partial charge on any atom is 0.416 e. The average molecular weight is 398 g/mol. The molecule has 0 aromatic heterocycles. The lowest BCUT2D eigenvalue weighted by Gasteiger charge is -2.34. The molecule has 1 fully saturated rings. The Morgan fingerprint density at radius 2 is 2.04 bits per heavy atom. The minimum Gasteiger partial charge on any atom is -0.368 e. The second-order valence-electron chi connectivity index (χ2n) is 7.50. The van der Waals surface area contributed by atoms with Crippen molar-refractivity contribution in [3.63, 3.8) is 0 Å². The highest BCUT2D eigenvalue weighted by Gasteiger charge is 2.35. The predicted octanol–water partition coefficient (Wildman–Crippen LogP) is 2.24. The molecule has 9 heteroatoms. The van der Waals surface area contributed by atoms with Crippen LogP contribution < -0.4 is 10.6 Å². The first-order chi connectivity index (χ1) is 13.2. The summed E-state index contributed by atoms with van der Waals surface area (Å²) in [6, 6.07) is 3.30. The van der Waals surface area contributed by atoms with Gasteiger partial charge in [0.05, 0.1) is 11.3 Å². The number of nitrogens with one attached hydrogen (secondary N) is 2. The van der Waals surface area contributed by atoms with Gasteiger partial charge < -0.3 is 15.7 Å². The summed E-state index contributed by atoms with van der Waals surface area (Å²) in [5.41, 5.74) is 0.221. The highest BCUT2D eigenvalue weighted by Crippen LogP contribution is 2.35.